The van der Waals surface area contributed by atoms with E-state index >= 15 is 0 Å². The highest BCUT2D eigenvalue weighted by molar-refractivity contribution is 5.84. The number of carbonyl (C=O) groups excluding carboxylic acids is 2. The number of unbranched alkanes of at least 4 members (excludes halogenated alkanes) is 2. The molecule has 0 aliphatic carbocycles. The molecule has 1 aromatic heterocycles. The van der Waals surface area contributed by atoms with Crippen LogP contribution < -0.4 is 10.6 Å². The van der Waals surface area contributed by atoms with E-state index in [0.717, 1.165) is 0 Å². The van der Waals surface area contributed by atoms with Crippen LogP contribution in [-0.4, -0.2) is 57.1 Å². The Labute approximate surface area is 154 Å². The molecule has 0 aromatic carbocycles. The van der Waals surface area contributed by atoms with Gasteiger partial charge in [0, 0.05) is 32.0 Å². The van der Waals surface area contributed by atoms with Crippen LogP contribution in [0, 0.1) is 10.1 Å². The average molecular weight is 385 g/mol. The number of amides is 2. The Kier molecular flexibility index (Phi) is 9.89. The van der Waals surface area contributed by atoms with Gasteiger partial charge >= 0.3 is 5.97 Å². The first-order valence-electron chi connectivity index (χ1n) is 8.42. The number of nitrogens with zero attached hydrogens (tertiary/aromatic N) is 2. The van der Waals surface area contributed by atoms with E-state index < -0.39 is 23.0 Å². The molecule has 2 amide bonds. The van der Waals surface area contributed by atoms with Gasteiger partial charge < -0.3 is 25.6 Å². The van der Waals surface area contributed by atoms with Crippen LogP contribution in [0.4, 0.5) is 0 Å². The summed E-state index contributed by atoms with van der Waals surface area (Å²) in [6.45, 7) is 0.0850. The van der Waals surface area contributed by atoms with E-state index in [1.165, 1.54) is 6.33 Å². The molecule has 150 valence electrons. The van der Waals surface area contributed by atoms with Gasteiger partial charge in [0.1, 0.15) is 6.04 Å². The monoisotopic (exact) mass is 385 g/mol. The Hall–Kier alpha value is -3.18. The predicted octanol–water partition coefficient (Wildman–Crippen LogP) is -0.203. The van der Waals surface area contributed by atoms with Crippen molar-refractivity contribution in [2.24, 2.45) is 0 Å². The fourth-order valence-corrected chi connectivity index (χ4v) is 2.19. The molecule has 12 nitrogen and oxygen atoms in total. The van der Waals surface area contributed by atoms with E-state index in [2.05, 4.69) is 25.4 Å². The topological polar surface area (TPSA) is 177 Å². The van der Waals surface area contributed by atoms with Gasteiger partial charge in [0.15, 0.2) is 0 Å². The van der Waals surface area contributed by atoms with Gasteiger partial charge in [-0.15, -0.1) is 10.1 Å². The number of aromatic nitrogens is 2. The molecule has 1 aromatic rings. The highest BCUT2D eigenvalue weighted by Crippen LogP contribution is 2.01. The summed E-state index contributed by atoms with van der Waals surface area (Å²) < 4.78 is 0. The summed E-state index contributed by atoms with van der Waals surface area (Å²) in [4.78, 5) is 55.4. The fourth-order valence-electron chi connectivity index (χ4n) is 2.19. The number of imidazole rings is 1. The number of nitrogens with one attached hydrogen (secondary N) is 3. The Morgan fingerprint density at radius 2 is 2.04 bits per heavy atom. The molecule has 0 saturated heterocycles. The van der Waals surface area contributed by atoms with E-state index in [1.54, 1.807) is 6.20 Å². The van der Waals surface area contributed by atoms with E-state index in [9.17, 15) is 24.5 Å². The van der Waals surface area contributed by atoms with E-state index in [0.29, 0.717) is 25.0 Å². The minimum Gasteiger partial charge on any atom is -0.480 e. The lowest BCUT2D eigenvalue weighted by atomic mass is 10.1. The van der Waals surface area contributed by atoms with Crippen molar-refractivity contribution in [3.8, 4) is 0 Å². The van der Waals surface area contributed by atoms with Gasteiger partial charge in [0.25, 0.3) is 5.09 Å². The van der Waals surface area contributed by atoms with Crippen LogP contribution in [0.2, 0.25) is 0 Å². The van der Waals surface area contributed by atoms with Crippen molar-refractivity contribution < 1.29 is 29.4 Å². The minimum atomic E-state index is -1.17. The summed E-state index contributed by atoms with van der Waals surface area (Å²) in [6, 6.07) is -1.10. The fraction of sp³-hybridized carbons (Fsp3) is 0.600. The van der Waals surface area contributed by atoms with Crippen LogP contribution in [0.15, 0.2) is 12.5 Å². The molecule has 0 aliphatic heterocycles. The number of H-pyrrole nitrogens is 1. The summed E-state index contributed by atoms with van der Waals surface area (Å²) in [5.41, 5.74) is 0.514. The van der Waals surface area contributed by atoms with E-state index in [1.807, 2.05) is 0 Å². The number of rotatable bonds is 14. The minimum absolute atomic E-state index is 0.00217. The summed E-state index contributed by atoms with van der Waals surface area (Å²) in [6.07, 6.45) is 4.83. The summed E-state index contributed by atoms with van der Waals surface area (Å²) in [5, 5.41) is 23.2. The molecule has 0 aliphatic rings. The van der Waals surface area contributed by atoms with Gasteiger partial charge in [-0.05, 0) is 12.8 Å². The second kappa shape index (κ2) is 12.2. The van der Waals surface area contributed by atoms with Gasteiger partial charge in [-0.2, -0.15) is 0 Å². The van der Waals surface area contributed by atoms with Gasteiger partial charge in [-0.1, -0.05) is 6.42 Å². The summed E-state index contributed by atoms with van der Waals surface area (Å²) in [7, 11) is 0. The average Bonchev–Trinajstić information content (AvgIpc) is 3.10. The first-order valence-corrected chi connectivity index (χ1v) is 8.42. The smallest absolute Gasteiger partial charge is 0.326 e. The van der Waals surface area contributed by atoms with Crippen LogP contribution in [0.25, 0.3) is 0 Å². The van der Waals surface area contributed by atoms with Crippen molar-refractivity contribution in [3.05, 3.63) is 28.3 Å². The quantitative estimate of drug-likeness (QED) is 0.193. The molecule has 0 bridgehead atoms. The number of hydrogen-bond donors (Lipinski definition) is 4. The molecule has 0 spiro atoms. The van der Waals surface area contributed by atoms with Crippen molar-refractivity contribution in [3.63, 3.8) is 0 Å². The number of carboxylic acid groups (broad SMARTS) is 1. The zero-order valence-electron chi connectivity index (χ0n) is 14.7. The Balaban J connectivity index is 2.15. The zero-order chi connectivity index (χ0) is 20.1. The van der Waals surface area contributed by atoms with Gasteiger partial charge in [-0.25, -0.2) is 9.78 Å². The largest absolute Gasteiger partial charge is 0.480 e. The molecular formula is C15H23N5O7. The standard InChI is InChI=1S/C15H23N5O7/c21-13(4-2-1-3-7-27-20(25)26)17-6-5-14(22)19-12(15(23)24)8-11-9-16-10-18-11/h9-10,12H,1-8H2,(H,16,18)(H,17,21)(H,19,22)(H,23,24)/t12-/m0/s1. The normalized spacial score (nSPS) is 11.4. The lowest BCUT2D eigenvalue weighted by molar-refractivity contribution is -0.757. The number of aliphatic carboxylic acids is 1. The van der Waals surface area contributed by atoms with E-state index in [4.69, 9.17) is 5.11 Å². The van der Waals surface area contributed by atoms with Crippen molar-refractivity contribution in [1.82, 2.24) is 20.6 Å². The van der Waals surface area contributed by atoms with Crippen LogP contribution in [0.1, 0.15) is 37.8 Å². The highest BCUT2D eigenvalue weighted by Gasteiger charge is 2.21. The number of carboxylic acids is 1. The first kappa shape index (κ1) is 21.9. The van der Waals surface area contributed by atoms with Crippen LogP contribution >= 0.6 is 0 Å². The van der Waals surface area contributed by atoms with Crippen molar-refractivity contribution in [2.45, 2.75) is 44.6 Å². The second-order valence-electron chi connectivity index (χ2n) is 5.69. The maximum atomic E-state index is 11.8. The molecule has 1 rings (SSSR count). The van der Waals surface area contributed by atoms with E-state index in [-0.39, 0.29) is 38.3 Å². The maximum Gasteiger partial charge on any atom is 0.326 e. The van der Waals surface area contributed by atoms with Gasteiger partial charge in [-0.3, -0.25) is 9.59 Å². The third kappa shape index (κ3) is 10.4. The number of hydrogen-bond acceptors (Lipinski definition) is 7. The van der Waals surface area contributed by atoms with Crippen molar-refractivity contribution in [2.75, 3.05) is 13.2 Å². The molecule has 1 atom stereocenters. The Bertz CT molecular complexity index is 620. The Morgan fingerprint density at radius 1 is 1.26 bits per heavy atom. The lowest BCUT2D eigenvalue weighted by Crippen LogP contribution is -2.43. The van der Waals surface area contributed by atoms with Gasteiger partial charge in [0.2, 0.25) is 11.8 Å². The van der Waals surface area contributed by atoms with Crippen LogP contribution in [0.5, 0.6) is 0 Å². The zero-order valence-corrected chi connectivity index (χ0v) is 14.7. The molecule has 4 N–H and O–H groups in total. The molecule has 0 radical (unpaired) electrons. The third-order valence-electron chi connectivity index (χ3n) is 3.52. The lowest BCUT2D eigenvalue weighted by Gasteiger charge is -2.13. The summed E-state index contributed by atoms with van der Waals surface area (Å²) >= 11 is 0. The van der Waals surface area contributed by atoms with Crippen molar-refractivity contribution in [1.29, 1.82) is 0 Å². The third-order valence-corrected chi connectivity index (χ3v) is 3.52. The maximum absolute atomic E-state index is 11.8. The molecule has 0 fully saturated rings. The van der Waals surface area contributed by atoms with Crippen LogP contribution in [0.3, 0.4) is 0 Å². The number of aromatic amines is 1. The molecule has 27 heavy (non-hydrogen) atoms. The molecule has 12 heteroatoms. The van der Waals surface area contributed by atoms with Crippen molar-refractivity contribution >= 4 is 17.8 Å². The second-order valence-corrected chi connectivity index (χ2v) is 5.69. The predicted molar refractivity (Wildman–Crippen MR) is 90.9 cm³/mol. The Morgan fingerprint density at radius 3 is 2.67 bits per heavy atom. The molecule has 1 heterocycles. The van der Waals surface area contributed by atoms with Gasteiger partial charge in [0.05, 0.1) is 18.6 Å². The van der Waals surface area contributed by atoms with Crippen LogP contribution in [-0.2, 0) is 25.6 Å². The summed E-state index contributed by atoms with van der Waals surface area (Å²) in [5.74, 6) is -1.91. The first-order chi connectivity index (χ1) is 12.9. The molecular weight excluding hydrogens is 362 g/mol. The SMILES string of the molecule is O=C(CCCCCO[N+](=O)[O-])NCCC(=O)N[C@@H](Cc1c[nH]cn1)C(=O)O. The molecule has 0 unspecified atom stereocenters. The highest BCUT2D eigenvalue weighted by atomic mass is 16.9. The number of carbonyl (C=O) groups is 3. The molecule has 0 saturated carbocycles.